The molecule has 0 radical (unpaired) electrons. The number of hydrogen-bond acceptors (Lipinski definition) is 3. The molecule has 2 heterocycles. The Kier molecular flexibility index (Phi) is 6.26. The summed E-state index contributed by atoms with van der Waals surface area (Å²) in [6.07, 6.45) is 1.75. The minimum atomic E-state index is -2.86. The van der Waals surface area contributed by atoms with Crippen molar-refractivity contribution in [2.45, 2.75) is 33.5 Å². The first kappa shape index (κ1) is 20.5. The van der Waals surface area contributed by atoms with Gasteiger partial charge < -0.3 is 14.2 Å². The van der Waals surface area contributed by atoms with Gasteiger partial charge in [0, 0.05) is 31.2 Å². The zero-order valence-electron chi connectivity index (χ0n) is 16.6. The van der Waals surface area contributed by atoms with Crippen molar-refractivity contribution in [2.75, 3.05) is 7.05 Å². The van der Waals surface area contributed by atoms with Crippen LogP contribution in [0.5, 0.6) is 5.75 Å². The number of benzene rings is 1. The Bertz CT molecular complexity index is 970. The van der Waals surface area contributed by atoms with Crippen molar-refractivity contribution < 1.29 is 18.3 Å². The minimum Gasteiger partial charge on any atom is -0.435 e. The van der Waals surface area contributed by atoms with E-state index in [1.807, 2.05) is 38.1 Å². The molecule has 1 aromatic carbocycles. The van der Waals surface area contributed by atoms with Crippen LogP contribution in [0.2, 0.25) is 0 Å². The van der Waals surface area contributed by atoms with Gasteiger partial charge in [-0.2, -0.15) is 8.78 Å². The molecule has 0 fully saturated rings. The molecule has 0 atom stereocenters. The van der Waals surface area contributed by atoms with Crippen LogP contribution in [0, 0.1) is 13.8 Å². The van der Waals surface area contributed by atoms with Crippen LogP contribution in [0.3, 0.4) is 0 Å². The zero-order chi connectivity index (χ0) is 21.0. The van der Waals surface area contributed by atoms with Gasteiger partial charge in [0.15, 0.2) is 0 Å². The Morgan fingerprint density at radius 1 is 1.17 bits per heavy atom. The van der Waals surface area contributed by atoms with Crippen molar-refractivity contribution in [3.8, 4) is 5.75 Å². The number of nitrogens with zero attached hydrogens (tertiary/aromatic N) is 3. The fourth-order valence-electron chi connectivity index (χ4n) is 3.24. The molecule has 3 aromatic rings. The van der Waals surface area contributed by atoms with Crippen molar-refractivity contribution in [1.29, 1.82) is 0 Å². The monoisotopic (exact) mass is 399 g/mol. The number of carbonyl (C=O) groups excluding carboxylic acids is 1. The fraction of sp³-hybridized carbons (Fsp3) is 0.273. The van der Waals surface area contributed by atoms with E-state index in [2.05, 4.69) is 14.3 Å². The van der Waals surface area contributed by atoms with E-state index < -0.39 is 6.61 Å². The number of amides is 1. The van der Waals surface area contributed by atoms with E-state index in [1.165, 1.54) is 12.1 Å². The van der Waals surface area contributed by atoms with Gasteiger partial charge in [0.25, 0.3) is 5.91 Å². The van der Waals surface area contributed by atoms with E-state index in [9.17, 15) is 13.6 Å². The molecule has 29 heavy (non-hydrogen) atoms. The summed E-state index contributed by atoms with van der Waals surface area (Å²) in [6, 6.07) is 13.9. The van der Waals surface area contributed by atoms with Crippen LogP contribution in [0.1, 0.15) is 33.0 Å². The van der Waals surface area contributed by atoms with Gasteiger partial charge in [0.1, 0.15) is 5.75 Å². The molecule has 5 nitrogen and oxygen atoms in total. The average Bonchev–Trinajstić information content (AvgIpc) is 2.97. The lowest BCUT2D eigenvalue weighted by molar-refractivity contribution is -0.0498. The van der Waals surface area contributed by atoms with E-state index in [0.717, 1.165) is 22.6 Å². The molecule has 0 unspecified atom stereocenters. The summed E-state index contributed by atoms with van der Waals surface area (Å²) in [5, 5.41) is 0. The first-order valence-electron chi connectivity index (χ1n) is 9.21. The molecule has 0 saturated heterocycles. The topological polar surface area (TPSA) is 47.4 Å². The van der Waals surface area contributed by atoms with E-state index in [1.54, 1.807) is 30.3 Å². The number of halogens is 2. The Morgan fingerprint density at radius 3 is 2.52 bits per heavy atom. The summed E-state index contributed by atoms with van der Waals surface area (Å²) in [5.41, 5.74) is 4.25. The molecule has 1 amide bonds. The summed E-state index contributed by atoms with van der Waals surface area (Å²) < 4.78 is 30.9. The van der Waals surface area contributed by atoms with Gasteiger partial charge in [0.2, 0.25) is 0 Å². The number of rotatable bonds is 7. The number of pyridine rings is 1. The van der Waals surface area contributed by atoms with E-state index >= 15 is 0 Å². The van der Waals surface area contributed by atoms with Crippen LogP contribution in [0.4, 0.5) is 8.78 Å². The number of aryl methyl sites for hydroxylation is 1. The van der Waals surface area contributed by atoms with Crippen LogP contribution in [-0.4, -0.2) is 34.0 Å². The van der Waals surface area contributed by atoms with Gasteiger partial charge in [-0.25, -0.2) is 0 Å². The summed E-state index contributed by atoms with van der Waals surface area (Å²) in [5.74, 6) is -0.00549. The van der Waals surface area contributed by atoms with Crippen molar-refractivity contribution in [1.82, 2.24) is 14.5 Å². The maximum absolute atomic E-state index is 13.0. The molecule has 0 spiro atoms. The zero-order valence-corrected chi connectivity index (χ0v) is 16.6. The van der Waals surface area contributed by atoms with Crippen LogP contribution in [0.25, 0.3) is 0 Å². The maximum Gasteiger partial charge on any atom is 0.387 e. The fourth-order valence-corrected chi connectivity index (χ4v) is 3.24. The highest BCUT2D eigenvalue weighted by Gasteiger charge is 2.19. The van der Waals surface area contributed by atoms with Crippen molar-refractivity contribution >= 4 is 5.91 Å². The Labute approximate surface area is 168 Å². The highest BCUT2D eigenvalue weighted by Crippen LogP contribution is 2.20. The number of carbonyl (C=O) groups is 1. The molecule has 0 N–H and O–H groups in total. The number of alkyl halides is 2. The summed E-state index contributed by atoms with van der Waals surface area (Å²) in [7, 11) is 1.72. The summed E-state index contributed by atoms with van der Waals surface area (Å²) in [4.78, 5) is 18.9. The van der Waals surface area contributed by atoms with E-state index in [4.69, 9.17) is 0 Å². The molecular weight excluding hydrogens is 376 g/mol. The van der Waals surface area contributed by atoms with Gasteiger partial charge in [-0.15, -0.1) is 0 Å². The SMILES string of the molecule is Cc1cc(C(=O)N(C)Cc2ccc(OC(F)F)cc2)c(C)n1Cc1ccccn1. The molecule has 0 saturated carbocycles. The predicted molar refractivity (Wildman–Crippen MR) is 106 cm³/mol. The molecule has 7 heteroatoms. The van der Waals surface area contributed by atoms with Crippen molar-refractivity contribution in [3.05, 3.63) is 82.9 Å². The molecule has 3 rings (SSSR count). The third-order valence-corrected chi connectivity index (χ3v) is 4.77. The second kappa shape index (κ2) is 8.86. The first-order chi connectivity index (χ1) is 13.8. The molecule has 0 aliphatic rings. The molecule has 2 aromatic heterocycles. The summed E-state index contributed by atoms with van der Waals surface area (Å²) in [6.45, 7) is 1.99. The van der Waals surface area contributed by atoms with Crippen molar-refractivity contribution in [2.24, 2.45) is 0 Å². The number of hydrogen-bond donors (Lipinski definition) is 0. The van der Waals surface area contributed by atoms with Crippen molar-refractivity contribution in [3.63, 3.8) is 0 Å². The second-order valence-corrected chi connectivity index (χ2v) is 6.88. The van der Waals surface area contributed by atoms with Crippen LogP contribution in [0.15, 0.2) is 54.7 Å². The third-order valence-electron chi connectivity index (χ3n) is 4.77. The molecular formula is C22H23F2N3O2. The molecule has 0 bridgehead atoms. The lowest BCUT2D eigenvalue weighted by Crippen LogP contribution is -2.26. The van der Waals surface area contributed by atoms with Crippen LogP contribution < -0.4 is 4.74 Å². The Hall–Kier alpha value is -3.22. The second-order valence-electron chi connectivity index (χ2n) is 6.88. The van der Waals surface area contributed by atoms with E-state index in [0.29, 0.717) is 18.7 Å². The lowest BCUT2D eigenvalue weighted by Gasteiger charge is -2.18. The van der Waals surface area contributed by atoms with Crippen LogP contribution in [-0.2, 0) is 13.1 Å². The highest BCUT2D eigenvalue weighted by atomic mass is 19.3. The largest absolute Gasteiger partial charge is 0.435 e. The first-order valence-corrected chi connectivity index (χ1v) is 9.21. The van der Waals surface area contributed by atoms with E-state index in [-0.39, 0.29) is 11.7 Å². The average molecular weight is 399 g/mol. The molecule has 0 aliphatic heterocycles. The van der Waals surface area contributed by atoms with Gasteiger partial charge in [-0.05, 0) is 49.7 Å². The smallest absolute Gasteiger partial charge is 0.387 e. The third kappa shape index (κ3) is 4.99. The maximum atomic E-state index is 13.0. The Morgan fingerprint density at radius 2 is 1.90 bits per heavy atom. The summed E-state index contributed by atoms with van der Waals surface area (Å²) >= 11 is 0. The predicted octanol–water partition coefficient (Wildman–Crippen LogP) is 4.42. The standard InChI is InChI=1S/C22H23F2N3O2/c1-15-12-20(16(2)27(15)14-18-6-4-5-11-25-18)21(28)26(3)13-17-7-9-19(10-8-17)29-22(23)24/h4-12,22H,13-14H2,1-3H3. The van der Waals surface area contributed by atoms with Crippen LogP contribution >= 0.6 is 0 Å². The molecule has 0 aliphatic carbocycles. The normalized spacial score (nSPS) is 11.0. The lowest BCUT2D eigenvalue weighted by atomic mass is 10.1. The van der Waals surface area contributed by atoms with Gasteiger partial charge in [-0.3, -0.25) is 9.78 Å². The Balaban J connectivity index is 1.72. The van der Waals surface area contributed by atoms with Gasteiger partial charge >= 0.3 is 6.61 Å². The number of ether oxygens (including phenoxy) is 1. The minimum absolute atomic E-state index is 0.0933. The number of aromatic nitrogens is 2. The highest BCUT2D eigenvalue weighted by molar-refractivity contribution is 5.95. The quantitative estimate of drug-likeness (QED) is 0.591. The van der Waals surface area contributed by atoms with Gasteiger partial charge in [-0.1, -0.05) is 18.2 Å². The van der Waals surface area contributed by atoms with Gasteiger partial charge in [0.05, 0.1) is 17.8 Å². The molecule has 152 valence electrons.